The van der Waals surface area contributed by atoms with Gasteiger partial charge in [-0.2, -0.15) is 0 Å². The van der Waals surface area contributed by atoms with Gasteiger partial charge in [0.1, 0.15) is 0 Å². The Kier molecular flexibility index (Phi) is 12.5. The van der Waals surface area contributed by atoms with Gasteiger partial charge in [0.15, 0.2) is 0 Å². The van der Waals surface area contributed by atoms with E-state index in [2.05, 4.69) is 362 Å². The zero-order chi connectivity index (χ0) is 69.7. The quantitative estimate of drug-likeness (QED) is 0.116. The maximum absolute atomic E-state index is 2.48. The Morgan fingerprint density at radius 1 is 0.168 bits per heavy atom. The number of benzene rings is 21. The van der Waals surface area contributed by atoms with Crippen molar-refractivity contribution in [1.29, 1.82) is 0 Å². The van der Waals surface area contributed by atoms with Crippen molar-refractivity contribution in [2.24, 2.45) is 0 Å². The van der Waals surface area contributed by atoms with Crippen LogP contribution in [0.3, 0.4) is 0 Å². The second kappa shape index (κ2) is 22.6. The first-order valence-corrected chi connectivity index (χ1v) is 38.7. The second-order valence-corrected chi connectivity index (χ2v) is 31.2. The van der Waals surface area contributed by atoms with Crippen molar-refractivity contribution in [3.8, 4) is 61.3 Å². The van der Waals surface area contributed by atoms with Crippen LogP contribution in [0.25, 0.3) is 242 Å². The van der Waals surface area contributed by atoms with Crippen LogP contribution in [-0.4, -0.2) is 4.57 Å². The lowest BCUT2D eigenvalue weighted by molar-refractivity contribution is 1.18. The van der Waals surface area contributed by atoms with E-state index in [4.69, 9.17) is 0 Å². The molecule has 24 rings (SSSR count). The topological polar surface area (TPSA) is 4.93 Å². The first kappa shape index (κ1) is 59.1. The van der Waals surface area contributed by atoms with Crippen LogP contribution in [0.4, 0.5) is 0 Å². The Bertz CT molecular complexity index is 7910. The molecule has 0 aliphatic rings. The van der Waals surface area contributed by atoms with Crippen molar-refractivity contribution in [2.75, 3.05) is 0 Å². The minimum atomic E-state index is 1.13. The molecule has 0 atom stereocenters. The zero-order valence-electron chi connectivity index (χ0n) is 57.8. The van der Waals surface area contributed by atoms with E-state index in [1.807, 2.05) is 22.7 Å². The molecule has 3 heteroatoms. The number of hydrogen-bond donors (Lipinski definition) is 0. The summed E-state index contributed by atoms with van der Waals surface area (Å²) in [6.45, 7) is 0. The van der Waals surface area contributed by atoms with Crippen molar-refractivity contribution in [3.63, 3.8) is 0 Å². The molecular weight excluding hydrogens is 1330 g/mol. The summed E-state index contributed by atoms with van der Waals surface area (Å²) < 4.78 is 7.73. The summed E-state index contributed by atoms with van der Waals surface area (Å²) in [5.74, 6) is 0. The van der Waals surface area contributed by atoms with E-state index in [9.17, 15) is 0 Å². The molecule has 24 aromatic rings. The Balaban J connectivity index is 0.613. The molecule has 0 aliphatic heterocycles. The third-order valence-electron chi connectivity index (χ3n) is 23.7. The Morgan fingerprint density at radius 2 is 0.467 bits per heavy atom. The van der Waals surface area contributed by atoms with Gasteiger partial charge in [-0.25, -0.2) is 0 Å². The van der Waals surface area contributed by atoms with Crippen molar-refractivity contribution < 1.29 is 0 Å². The molecule has 0 saturated heterocycles. The molecule has 0 saturated carbocycles. The summed E-state index contributed by atoms with van der Waals surface area (Å²) in [6, 6.07) is 135. The third-order valence-corrected chi connectivity index (χ3v) is 26.1. The van der Waals surface area contributed by atoms with Crippen LogP contribution in [0.5, 0.6) is 0 Å². The van der Waals surface area contributed by atoms with Crippen LogP contribution in [0.1, 0.15) is 0 Å². The molecule has 3 aromatic heterocycles. The number of para-hydroxylation sites is 1. The third kappa shape index (κ3) is 8.44. The number of hydrogen-bond acceptors (Lipinski definition) is 2. The molecular formula is C104H59NS2. The first-order valence-electron chi connectivity index (χ1n) is 37.0. The number of nitrogens with zero attached hydrogens (tertiary/aromatic N) is 1. The fourth-order valence-electron chi connectivity index (χ4n) is 19.2. The van der Waals surface area contributed by atoms with E-state index in [1.165, 1.54) is 236 Å². The van der Waals surface area contributed by atoms with Crippen LogP contribution in [0.2, 0.25) is 0 Å². The van der Waals surface area contributed by atoms with Crippen LogP contribution in [0.15, 0.2) is 358 Å². The van der Waals surface area contributed by atoms with Gasteiger partial charge in [-0.3, -0.25) is 0 Å². The highest BCUT2D eigenvalue weighted by atomic mass is 32.1. The van der Waals surface area contributed by atoms with Crippen LogP contribution in [0, 0.1) is 0 Å². The molecule has 0 fully saturated rings. The van der Waals surface area contributed by atoms with E-state index in [1.54, 1.807) is 0 Å². The second-order valence-electron chi connectivity index (χ2n) is 29.1. The van der Waals surface area contributed by atoms with E-state index in [-0.39, 0.29) is 0 Å². The molecule has 0 N–H and O–H groups in total. The molecule has 492 valence electrons. The van der Waals surface area contributed by atoms with Gasteiger partial charge in [-0.1, -0.05) is 309 Å². The maximum Gasteiger partial charge on any atom is 0.0541 e. The summed E-state index contributed by atoms with van der Waals surface area (Å²) in [7, 11) is 0. The minimum absolute atomic E-state index is 1.13. The van der Waals surface area contributed by atoms with Crippen LogP contribution < -0.4 is 0 Å². The van der Waals surface area contributed by atoms with Crippen molar-refractivity contribution >= 4 is 203 Å². The lowest BCUT2D eigenvalue weighted by atomic mass is 9.84. The predicted octanol–water partition coefficient (Wildman–Crippen LogP) is 30.5. The van der Waals surface area contributed by atoms with E-state index >= 15 is 0 Å². The molecule has 0 radical (unpaired) electrons. The van der Waals surface area contributed by atoms with Crippen molar-refractivity contribution in [2.45, 2.75) is 0 Å². The van der Waals surface area contributed by atoms with Gasteiger partial charge in [0, 0.05) is 67.6 Å². The normalized spacial score (nSPS) is 12.3. The fourth-order valence-corrected chi connectivity index (χ4v) is 21.8. The van der Waals surface area contributed by atoms with Gasteiger partial charge in [-0.15, -0.1) is 22.7 Å². The molecule has 21 aromatic carbocycles. The summed E-state index contributed by atoms with van der Waals surface area (Å²) >= 11 is 3.86. The number of fused-ring (bicyclic) bond motifs is 29. The predicted molar refractivity (Wildman–Crippen MR) is 466 cm³/mol. The van der Waals surface area contributed by atoms with Crippen LogP contribution >= 0.6 is 22.7 Å². The molecule has 3 heterocycles. The standard InChI is InChI=1S/C104H59NS2/c1-2-24-69-67(22-1)68-23-3-4-27-72(68)90-56-61(46-52-73(69)90)96-76-30-8-12-34-80(76)99(81-35-13-9-31-77(81)96)64-48-54-88-95(59-64)107-104-89-42-21-41-66(100(89)84-38-16-17-39-85(84)102(88)104)60-44-50-65(51-45-60)105-92-43-20-19-28-74(92)91-57-62(49-55-93(91)105)97-78-32-10-14-36-82(78)98(83-37-15-11-33-79(83)97)63-47-53-87-94(58-63)106-103-86-40-18-6-26-71(86)70-25-5-7-29-75(70)101(87)103/h1-59H. The maximum atomic E-state index is 2.48. The summed E-state index contributed by atoms with van der Waals surface area (Å²) in [5.41, 5.74) is 15.9. The Morgan fingerprint density at radius 3 is 0.944 bits per heavy atom. The fraction of sp³-hybridized carbons (Fsp3) is 0. The SMILES string of the molecule is c1ccc2c(-c3ccc4c(c3)c3ccccc3n4-c3ccc(-c4cccc5c6sc7cc(-c8c9ccccc9c(-c9ccc%10c%11ccccc%11c%11ccccc%11c%10c9)c9ccccc89)ccc7c6c6ccccc6c45)cc3)c3ccccc3c(-c3ccc4c(c3)sc3c5ccccc5c5ccccc5c43)c2c1. The summed E-state index contributed by atoms with van der Waals surface area (Å²) in [6.07, 6.45) is 0. The molecule has 0 amide bonds. The van der Waals surface area contributed by atoms with E-state index < -0.39 is 0 Å². The molecule has 107 heavy (non-hydrogen) atoms. The Hall–Kier alpha value is -13.3. The summed E-state index contributed by atoms with van der Waals surface area (Å²) in [4.78, 5) is 0. The van der Waals surface area contributed by atoms with Gasteiger partial charge < -0.3 is 4.57 Å². The average molecular weight is 1390 g/mol. The molecule has 0 bridgehead atoms. The molecule has 0 unspecified atom stereocenters. The van der Waals surface area contributed by atoms with E-state index in [0.29, 0.717) is 0 Å². The van der Waals surface area contributed by atoms with Gasteiger partial charge in [-0.05, 0) is 212 Å². The highest BCUT2D eigenvalue weighted by molar-refractivity contribution is 7.27. The first-order chi connectivity index (χ1) is 53.1. The molecule has 0 aliphatic carbocycles. The highest BCUT2D eigenvalue weighted by Gasteiger charge is 2.25. The monoisotopic (exact) mass is 1390 g/mol. The van der Waals surface area contributed by atoms with Gasteiger partial charge >= 0.3 is 0 Å². The number of aromatic nitrogens is 1. The Labute approximate surface area is 622 Å². The van der Waals surface area contributed by atoms with Gasteiger partial charge in [0.25, 0.3) is 0 Å². The molecule has 1 nitrogen and oxygen atoms in total. The minimum Gasteiger partial charge on any atom is -0.309 e. The van der Waals surface area contributed by atoms with Gasteiger partial charge in [0.2, 0.25) is 0 Å². The van der Waals surface area contributed by atoms with Gasteiger partial charge in [0.05, 0.1) is 11.0 Å². The largest absolute Gasteiger partial charge is 0.309 e. The smallest absolute Gasteiger partial charge is 0.0541 e. The van der Waals surface area contributed by atoms with Crippen molar-refractivity contribution in [3.05, 3.63) is 358 Å². The van der Waals surface area contributed by atoms with Crippen LogP contribution in [-0.2, 0) is 0 Å². The lowest BCUT2D eigenvalue weighted by Crippen LogP contribution is -1.94. The van der Waals surface area contributed by atoms with Crippen molar-refractivity contribution in [1.82, 2.24) is 4.57 Å². The zero-order valence-corrected chi connectivity index (χ0v) is 59.5. The number of rotatable bonds is 6. The number of thiophene rings is 2. The lowest BCUT2D eigenvalue weighted by Gasteiger charge is -2.18. The molecule has 0 spiro atoms. The van der Waals surface area contributed by atoms with E-state index in [0.717, 1.165) is 5.69 Å². The highest BCUT2D eigenvalue weighted by Crippen LogP contribution is 2.53. The average Bonchev–Trinajstić information content (AvgIpc) is 1.67. The summed E-state index contributed by atoms with van der Waals surface area (Å²) in [5, 5.41) is 35.9.